The van der Waals surface area contributed by atoms with Crippen molar-refractivity contribution in [1.82, 2.24) is 9.97 Å². The summed E-state index contributed by atoms with van der Waals surface area (Å²) in [5, 5.41) is 30.5. The van der Waals surface area contributed by atoms with Crippen molar-refractivity contribution in [2.45, 2.75) is 62.8 Å². The van der Waals surface area contributed by atoms with Gasteiger partial charge in [0.05, 0.1) is 43.2 Å². The molecule has 0 aliphatic heterocycles. The Bertz CT molecular complexity index is 2160. The molecule has 4 aromatic rings. The van der Waals surface area contributed by atoms with Crippen LogP contribution in [0.5, 0.6) is 23.3 Å². The van der Waals surface area contributed by atoms with Crippen LogP contribution in [0.3, 0.4) is 0 Å². The van der Waals surface area contributed by atoms with Crippen LogP contribution in [-0.4, -0.2) is 58.3 Å². The summed E-state index contributed by atoms with van der Waals surface area (Å²) in [7, 11) is 0. The Labute approximate surface area is 401 Å². The van der Waals surface area contributed by atoms with Crippen molar-refractivity contribution in [2.75, 3.05) is 37.1 Å². The van der Waals surface area contributed by atoms with Crippen molar-refractivity contribution in [3.8, 4) is 23.3 Å². The van der Waals surface area contributed by atoms with Crippen LogP contribution in [-0.2, 0) is 4.74 Å². The Kier molecular flexibility index (Phi) is 17.6. The Morgan fingerprint density at radius 1 is 0.651 bits per heavy atom. The number of anilines is 2. The van der Waals surface area contributed by atoms with Gasteiger partial charge in [-0.25, -0.2) is 0 Å². The first-order chi connectivity index (χ1) is 30.1. The number of nitro groups is 2. The Balaban J connectivity index is 1.23. The Morgan fingerprint density at radius 3 is 1.33 bits per heavy atom. The van der Waals surface area contributed by atoms with Crippen molar-refractivity contribution >= 4 is 116 Å². The third-order valence-corrected chi connectivity index (χ3v) is 11.1. The van der Waals surface area contributed by atoms with E-state index in [0.717, 1.165) is 25.7 Å². The highest BCUT2D eigenvalue weighted by atomic mass is 35.5. The van der Waals surface area contributed by atoms with Gasteiger partial charge in [-0.15, -0.1) is 0 Å². The summed E-state index contributed by atoms with van der Waals surface area (Å²) < 4.78 is 30.3. The van der Waals surface area contributed by atoms with Crippen LogP contribution in [0.15, 0.2) is 69.7 Å². The predicted molar refractivity (Wildman–Crippen MR) is 245 cm³/mol. The number of pyridine rings is 2. The highest BCUT2D eigenvalue weighted by Gasteiger charge is 2.30. The molecule has 2 aromatic heterocycles. The molecule has 15 nitrogen and oxygen atoms in total. The van der Waals surface area contributed by atoms with Crippen LogP contribution in [0.4, 0.5) is 23.0 Å². The molecule has 2 saturated carbocycles. The number of hydrogen-bond acceptors (Lipinski definition) is 13. The van der Waals surface area contributed by atoms with Crippen LogP contribution < -0.4 is 29.6 Å². The molecule has 63 heavy (non-hydrogen) atoms. The van der Waals surface area contributed by atoms with E-state index in [1.165, 1.54) is 36.4 Å². The number of rotatable bonds is 24. The molecule has 6 rings (SSSR count). The molecule has 336 valence electrons. The smallest absolute Gasteiger partial charge is 0.311 e. The van der Waals surface area contributed by atoms with E-state index in [-0.39, 0.29) is 115 Å². The lowest BCUT2D eigenvalue weighted by Gasteiger charge is -2.23. The average molecular weight is 1030 g/mol. The van der Waals surface area contributed by atoms with E-state index in [1.807, 2.05) is 0 Å². The molecule has 0 amide bonds. The van der Waals surface area contributed by atoms with Gasteiger partial charge in [0, 0.05) is 60.3 Å². The molecule has 23 heteroatoms. The monoisotopic (exact) mass is 1020 g/mol. The van der Waals surface area contributed by atoms with E-state index in [1.54, 1.807) is 24.3 Å². The first kappa shape index (κ1) is 48.6. The molecule has 2 atom stereocenters. The molecule has 0 radical (unpaired) electrons. The molecular weight excluding hydrogens is 992 g/mol. The van der Waals surface area contributed by atoms with Gasteiger partial charge in [-0.05, 0) is 62.1 Å². The zero-order valence-electron chi connectivity index (χ0n) is 32.6. The number of hydrogen-bond donors (Lipinski definition) is 2. The zero-order chi connectivity index (χ0) is 45.2. The third kappa shape index (κ3) is 14.6. The van der Waals surface area contributed by atoms with Gasteiger partial charge in [0.25, 0.3) is 0 Å². The lowest BCUT2D eigenvalue weighted by Crippen LogP contribution is -2.16. The summed E-state index contributed by atoms with van der Waals surface area (Å²) in [6, 6.07) is 11.7. The van der Waals surface area contributed by atoms with E-state index in [9.17, 15) is 20.2 Å². The highest BCUT2D eigenvalue weighted by Crippen LogP contribution is 2.42. The van der Waals surface area contributed by atoms with Crippen molar-refractivity contribution in [1.29, 1.82) is 0 Å². The van der Waals surface area contributed by atoms with Crippen molar-refractivity contribution in [3.05, 3.63) is 121 Å². The molecule has 2 aliphatic carbocycles. The van der Waals surface area contributed by atoms with Gasteiger partial charge in [0.1, 0.15) is 45.9 Å². The SMILES string of the molecule is O=[N+]([O-])c1ccc(OC(CCOCCC(Oc2ccc([N+](=O)[O-])c(NC3CC3)n2)c2c(Cl)cc(OCC=C(Cl)Cl)cc2Cl)c2c(Cl)cc(OCC=C(Cl)Cl)cc2Cl)nc1NC1CC1. The second-order valence-corrected chi connectivity index (χ2v) is 17.6. The summed E-state index contributed by atoms with van der Waals surface area (Å²) in [6.07, 6.45) is 4.86. The molecule has 0 bridgehead atoms. The average Bonchev–Trinajstić information content (AvgIpc) is 4.15. The number of aromatic nitrogens is 2. The van der Waals surface area contributed by atoms with Crippen LogP contribution >= 0.6 is 92.8 Å². The maximum atomic E-state index is 11.8. The first-order valence-corrected chi connectivity index (χ1v) is 22.2. The van der Waals surface area contributed by atoms with E-state index in [0.29, 0.717) is 22.6 Å². The van der Waals surface area contributed by atoms with Gasteiger partial charge in [0.2, 0.25) is 23.4 Å². The Hall–Kier alpha value is -3.90. The lowest BCUT2D eigenvalue weighted by molar-refractivity contribution is -0.384. The lowest BCUT2D eigenvalue weighted by atomic mass is 10.1. The summed E-state index contributed by atoms with van der Waals surface area (Å²) in [5.41, 5.74) is 0.347. The second kappa shape index (κ2) is 22.8. The third-order valence-electron chi connectivity index (χ3n) is 9.23. The maximum Gasteiger partial charge on any atom is 0.311 e. The maximum absolute atomic E-state index is 11.8. The van der Waals surface area contributed by atoms with E-state index >= 15 is 0 Å². The summed E-state index contributed by atoms with van der Waals surface area (Å²) in [6.45, 7) is 0.227. The van der Waals surface area contributed by atoms with E-state index in [4.69, 9.17) is 116 Å². The normalized spacial score (nSPS) is 14.2. The first-order valence-electron chi connectivity index (χ1n) is 19.2. The second-order valence-electron chi connectivity index (χ2n) is 14.0. The summed E-state index contributed by atoms with van der Waals surface area (Å²) in [4.78, 5) is 31.4. The molecule has 2 aliphatic rings. The van der Waals surface area contributed by atoms with Crippen LogP contribution in [0, 0.1) is 20.2 Å². The van der Waals surface area contributed by atoms with E-state index in [2.05, 4.69) is 20.6 Å². The van der Waals surface area contributed by atoms with Gasteiger partial charge in [0.15, 0.2) is 0 Å². The van der Waals surface area contributed by atoms with Crippen LogP contribution in [0.2, 0.25) is 20.1 Å². The molecular formula is C40H36Cl8N6O9. The van der Waals surface area contributed by atoms with Gasteiger partial charge in [-0.1, -0.05) is 92.8 Å². The standard InChI is InChI=1S/C40H36Cl8N6O9/c41-25-17-23(60-15-11-33(45)46)18-26(42)37(25)31(62-35-7-5-29(53(55)56)39(51-35)49-21-1-2-21)9-13-59-14-10-32(38-27(43)19-24(20-28(38)44)61-16-12-34(47)48)63-36-8-6-30(54(57)58)40(52-36)50-22-3-4-22/h5-8,11-12,17-22,31-32H,1-4,9-10,13-16H2,(H,49,51)(H,50,52). The number of benzene rings is 2. The van der Waals surface area contributed by atoms with Gasteiger partial charge in [-0.3, -0.25) is 20.2 Å². The summed E-state index contributed by atoms with van der Waals surface area (Å²) in [5.74, 6) is 0.939. The number of nitrogens with zero attached hydrogens (tertiary/aromatic N) is 4. The minimum absolute atomic E-state index is 0.0242. The minimum atomic E-state index is -0.882. The fourth-order valence-corrected chi connectivity index (χ4v) is 7.63. The summed E-state index contributed by atoms with van der Waals surface area (Å²) >= 11 is 50.1. The predicted octanol–water partition coefficient (Wildman–Crippen LogP) is 13.2. The van der Waals surface area contributed by atoms with Crippen molar-refractivity contribution < 1.29 is 33.5 Å². The van der Waals surface area contributed by atoms with Gasteiger partial charge in [-0.2, -0.15) is 9.97 Å². The molecule has 0 saturated heterocycles. The van der Waals surface area contributed by atoms with E-state index < -0.39 is 22.1 Å². The quantitative estimate of drug-likeness (QED) is 0.0384. The topological polar surface area (TPSA) is 182 Å². The van der Waals surface area contributed by atoms with Crippen LogP contribution in [0.25, 0.3) is 0 Å². The highest BCUT2D eigenvalue weighted by molar-refractivity contribution is 6.56. The molecule has 2 N–H and O–H groups in total. The number of nitrogens with one attached hydrogen (secondary N) is 2. The number of ether oxygens (including phenoxy) is 5. The van der Waals surface area contributed by atoms with Crippen molar-refractivity contribution in [3.63, 3.8) is 0 Å². The minimum Gasteiger partial charge on any atom is -0.489 e. The van der Waals surface area contributed by atoms with Gasteiger partial charge >= 0.3 is 11.4 Å². The van der Waals surface area contributed by atoms with Crippen LogP contribution in [0.1, 0.15) is 61.9 Å². The van der Waals surface area contributed by atoms with Crippen molar-refractivity contribution in [2.24, 2.45) is 0 Å². The Morgan fingerprint density at radius 2 is 1.02 bits per heavy atom. The molecule has 2 fully saturated rings. The number of halogens is 8. The fraction of sp³-hybridized carbons (Fsp3) is 0.350. The molecule has 2 unspecified atom stereocenters. The van der Waals surface area contributed by atoms with Gasteiger partial charge < -0.3 is 34.3 Å². The fourth-order valence-electron chi connectivity index (χ4n) is 5.95. The zero-order valence-corrected chi connectivity index (χ0v) is 38.7. The molecule has 2 aromatic carbocycles. The largest absolute Gasteiger partial charge is 0.489 e. The molecule has 0 spiro atoms. The molecule has 2 heterocycles.